The molecule has 1 saturated carbocycles. The van der Waals surface area contributed by atoms with Gasteiger partial charge in [-0.25, -0.2) is 17.8 Å². The molecule has 2 N–H and O–H groups in total. The molecule has 0 unspecified atom stereocenters. The van der Waals surface area contributed by atoms with Crippen LogP contribution in [0.15, 0.2) is 36.5 Å². The summed E-state index contributed by atoms with van der Waals surface area (Å²) in [5.74, 6) is 0.322. The Hall–Kier alpha value is -1.70. The number of nitrogens with zero attached hydrogens (tertiary/aromatic N) is 2. The molecule has 1 fully saturated rings. The van der Waals surface area contributed by atoms with E-state index in [2.05, 4.69) is 30.1 Å². The van der Waals surface area contributed by atoms with Crippen LogP contribution in [0.5, 0.6) is 0 Å². The highest BCUT2D eigenvalue weighted by Crippen LogP contribution is 2.23. The Morgan fingerprint density at radius 3 is 2.44 bits per heavy atom. The molecule has 1 heterocycles. The van der Waals surface area contributed by atoms with E-state index in [9.17, 15) is 8.42 Å². The average Bonchev–Trinajstić information content (AvgIpc) is 3.05. The molecule has 0 amide bonds. The summed E-state index contributed by atoms with van der Waals surface area (Å²) >= 11 is 0. The van der Waals surface area contributed by atoms with Gasteiger partial charge in [-0.15, -0.1) is 0 Å². The standard InChI is InChI=1S/C20H30N4O2S/c1-15(2)20-16(14-24(22-20)17-9-5-4-6-10-17)13-21-18-11-7-8-12-19(18)23-27(3,25)26/h4-6,9-10,14-15,18-19,21,23H,7-8,11-13H2,1-3H3/t18-,19-/m1/s1. The van der Waals surface area contributed by atoms with E-state index in [0.717, 1.165) is 42.6 Å². The van der Waals surface area contributed by atoms with Crippen LogP contribution in [0.25, 0.3) is 5.69 Å². The Morgan fingerprint density at radius 1 is 1.15 bits per heavy atom. The van der Waals surface area contributed by atoms with Gasteiger partial charge in [-0.1, -0.05) is 44.9 Å². The summed E-state index contributed by atoms with van der Waals surface area (Å²) in [4.78, 5) is 0. The molecule has 1 aliphatic rings. The first kappa shape index (κ1) is 20.0. The van der Waals surface area contributed by atoms with Crippen LogP contribution in [0, 0.1) is 0 Å². The molecule has 1 aromatic carbocycles. The highest BCUT2D eigenvalue weighted by atomic mass is 32.2. The third-order valence-corrected chi connectivity index (χ3v) is 5.81. The molecule has 148 valence electrons. The minimum Gasteiger partial charge on any atom is -0.308 e. The zero-order valence-corrected chi connectivity index (χ0v) is 17.2. The van der Waals surface area contributed by atoms with Crippen LogP contribution in [0.1, 0.15) is 56.7 Å². The molecular formula is C20H30N4O2S. The lowest BCUT2D eigenvalue weighted by molar-refractivity contribution is 0.309. The van der Waals surface area contributed by atoms with Crippen molar-refractivity contribution in [2.75, 3.05) is 6.26 Å². The Balaban J connectivity index is 1.75. The first-order valence-electron chi connectivity index (χ1n) is 9.68. The predicted octanol–water partition coefficient (Wildman–Crippen LogP) is 2.95. The lowest BCUT2D eigenvalue weighted by Gasteiger charge is -2.32. The maximum absolute atomic E-state index is 11.7. The number of aromatic nitrogens is 2. The minimum atomic E-state index is -3.20. The zero-order valence-electron chi connectivity index (χ0n) is 16.4. The molecule has 1 aromatic heterocycles. The van der Waals surface area contributed by atoms with Crippen molar-refractivity contribution < 1.29 is 8.42 Å². The van der Waals surface area contributed by atoms with Gasteiger partial charge in [0.2, 0.25) is 10.0 Å². The number of hydrogen-bond acceptors (Lipinski definition) is 4. The Bertz CT molecular complexity index is 846. The van der Waals surface area contributed by atoms with Gasteiger partial charge in [0, 0.05) is 30.4 Å². The largest absolute Gasteiger partial charge is 0.308 e. The molecule has 0 bridgehead atoms. The topological polar surface area (TPSA) is 76.0 Å². The van der Waals surface area contributed by atoms with Crippen molar-refractivity contribution in [3.63, 3.8) is 0 Å². The molecule has 0 saturated heterocycles. The van der Waals surface area contributed by atoms with Gasteiger partial charge in [0.25, 0.3) is 0 Å². The summed E-state index contributed by atoms with van der Waals surface area (Å²) in [6, 6.07) is 10.2. The van der Waals surface area contributed by atoms with Crippen LogP contribution in [-0.4, -0.2) is 36.5 Å². The van der Waals surface area contributed by atoms with Crippen molar-refractivity contribution in [1.82, 2.24) is 19.8 Å². The SMILES string of the molecule is CC(C)c1nn(-c2ccccc2)cc1CN[C@@H]1CCCC[C@H]1NS(C)(=O)=O. The molecule has 3 rings (SSSR count). The van der Waals surface area contributed by atoms with Crippen LogP contribution in [0.3, 0.4) is 0 Å². The minimum absolute atomic E-state index is 0.0413. The molecule has 0 radical (unpaired) electrons. The van der Waals surface area contributed by atoms with Gasteiger partial charge in [0.1, 0.15) is 0 Å². The van der Waals surface area contributed by atoms with E-state index in [4.69, 9.17) is 5.10 Å². The fourth-order valence-electron chi connectivity index (χ4n) is 3.79. The number of benzene rings is 1. The van der Waals surface area contributed by atoms with Crippen LogP contribution in [-0.2, 0) is 16.6 Å². The van der Waals surface area contributed by atoms with Gasteiger partial charge >= 0.3 is 0 Å². The number of nitrogens with one attached hydrogen (secondary N) is 2. The van der Waals surface area contributed by atoms with Crippen molar-refractivity contribution in [3.8, 4) is 5.69 Å². The molecule has 2 aromatic rings. The van der Waals surface area contributed by atoms with Gasteiger partial charge in [0.05, 0.1) is 17.6 Å². The van der Waals surface area contributed by atoms with E-state index in [1.807, 2.05) is 35.0 Å². The monoisotopic (exact) mass is 390 g/mol. The number of sulfonamides is 1. The van der Waals surface area contributed by atoms with Gasteiger partial charge in [0.15, 0.2) is 0 Å². The maximum atomic E-state index is 11.7. The van der Waals surface area contributed by atoms with Crippen molar-refractivity contribution in [2.45, 2.75) is 64.1 Å². The average molecular weight is 391 g/mol. The zero-order chi connectivity index (χ0) is 19.4. The predicted molar refractivity (Wildman–Crippen MR) is 109 cm³/mol. The van der Waals surface area contributed by atoms with E-state index >= 15 is 0 Å². The van der Waals surface area contributed by atoms with E-state index in [0.29, 0.717) is 12.5 Å². The van der Waals surface area contributed by atoms with Crippen LogP contribution < -0.4 is 10.0 Å². The van der Waals surface area contributed by atoms with Gasteiger partial charge in [-0.05, 0) is 30.9 Å². The second-order valence-corrected chi connectivity index (χ2v) is 9.52. The summed E-state index contributed by atoms with van der Waals surface area (Å²) < 4.78 is 28.1. The lowest BCUT2D eigenvalue weighted by atomic mass is 9.91. The molecule has 7 heteroatoms. The lowest BCUT2D eigenvalue weighted by Crippen LogP contribution is -2.51. The van der Waals surface area contributed by atoms with E-state index in [-0.39, 0.29) is 12.1 Å². The quantitative estimate of drug-likeness (QED) is 0.762. The summed E-state index contributed by atoms with van der Waals surface area (Å²) in [7, 11) is -3.20. The smallest absolute Gasteiger partial charge is 0.209 e. The van der Waals surface area contributed by atoms with Crippen molar-refractivity contribution >= 4 is 10.0 Å². The number of para-hydroxylation sites is 1. The molecular weight excluding hydrogens is 360 g/mol. The van der Waals surface area contributed by atoms with Crippen molar-refractivity contribution in [1.29, 1.82) is 0 Å². The molecule has 2 atom stereocenters. The highest BCUT2D eigenvalue weighted by molar-refractivity contribution is 7.88. The van der Waals surface area contributed by atoms with Crippen molar-refractivity contribution in [2.24, 2.45) is 0 Å². The Labute approximate surface area is 162 Å². The normalized spacial score (nSPS) is 20.9. The van der Waals surface area contributed by atoms with Gasteiger partial charge in [-0.3, -0.25) is 0 Å². The Morgan fingerprint density at radius 2 is 1.81 bits per heavy atom. The van der Waals surface area contributed by atoms with E-state index in [1.54, 1.807) is 0 Å². The first-order valence-corrected chi connectivity index (χ1v) is 11.6. The van der Waals surface area contributed by atoms with Crippen LogP contribution in [0.2, 0.25) is 0 Å². The molecule has 27 heavy (non-hydrogen) atoms. The summed E-state index contributed by atoms with van der Waals surface area (Å²) in [6.45, 7) is 4.98. The van der Waals surface area contributed by atoms with Gasteiger partial charge in [-0.2, -0.15) is 5.10 Å². The Kier molecular flexibility index (Phi) is 6.34. The fraction of sp³-hybridized carbons (Fsp3) is 0.550. The summed E-state index contributed by atoms with van der Waals surface area (Å²) in [5.41, 5.74) is 3.28. The maximum Gasteiger partial charge on any atom is 0.209 e. The number of hydrogen-bond donors (Lipinski definition) is 2. The highest BCUT2D eigenvalue weighted by Gasteiger charge is 2.27. The van der Waals surface area contributed by atoms with E-state index in [1.165, 1.54) is 6.26 Å². The second kappa shape index (κ2) is 8.54. The second-order valence-electron chi connectivity index (χ2n) is 7.74. The first-order chi connectivity index (χ1) is 12.8. The molecule has 1 aliphatic carbocycles. The number of rotatable bonds is 7. The van der Waals surface area contributed by atoms with Crippen LogP contribution in [0.4, 0.5) is 0 Å². The molecule has 6 nitrogen and oxygen atoms in total. The fourth-order valence-corrected chi connectivity index (χ4v) is 4.62. The van der Waals surface area contributed by atoms with E-state index < -0.39 is 10.0 Å². The van der Waals surface area contributed by atoms with Crippen LogP contribution >= 0.6 is 0 Å². The summed E-state index contributed by atoms with van der Waals surface area (Å²) in [5, 5.41) is 8.38. The molecule has 0 aliphatic heterocycles. The third-order valence-electron chi connectivity index (χ3n) is 5.08. The summed E-state index contributed by atoms with van der Waals surface area (Å²) in [6.07, 6.45) is 7.37. The molecule has 0 spiro atoms. The van der Waals surface area contributed by atoms with Gasteiger partial charge < -0.3 is 5.32 Å². The van der Waals surface area contributed by atoms with Crippen molar-refractivity contribution in [3.05, 3.63) is 47.8 Å². The third kappa shape index (κ3) is 5.40.